The molecule has 0 atom stereocenters. The average molecular weight is 446 g/mol. The number of carbonyl (C=O) groups is 1. The number of rotatable bonds is 7. The molecule has 0 bridgehead atoms. The van der Waals surface area contributed by atoms with E-state index in [-0.39, 0.29) is 17.3 Å². The summed E-state index contributed by atoms with van der Waals surface area (Å²) in [6.45, 7) is 4.42. The number of nitrogens with one attached hydrogen (secondary N) is 3. The summed E-state index contributed by atoms with van der Waals surface area (Å²) in [4.78, 5) is 12.4. The molecule has 11 heteroatoms. The SMILES string of the molecule is Cc1c(Cl)c(C(F)(F)F)nn1CC(=O)N/C(C=N)=C(/Nc1ccc(F)cc1)C(C)C. The molecule has 0 fully saturated rings. The lowest BCUT2D eigenvalue weighted by Crippen LogP contribution is -2.31. The lowest BCUT2D eigenvalue weighted by molar-refractivity contribution is -0.141. The van der Waals surface area contributed by atoms with E-state index in [1.807, 2.05) is 13.8 Å². The number of amides is 1. The van der Waals surface area contributed by atoms with E-state index in [0.717, 1.165) is 10.9 Å². The molecule has 2 aromatic rings. The molecule has 0 radical (unpaired) electrons. The van der Waals surface area contributed by atoms with Gasteiger partial charge in [0.15, 0.2) is 5.69 Å². The molecule has 0 aliphatic carbocycles. The largest absolute Gasteiger partial charge is 0.436 e. The second kappa shape index (κ2) is 9.29. The Kier molecular flexibility index (Phi) is 7.25. The van der Waals surface area contributed by atoms with Gasteiger partial charge in [0.05, 0.1) is 16.4 Å². The van der Waals surface area contributed by atoms with Crippen molar-refractivity contribution in [2.75, 3.05) is 5.32 Å². The number of allylic oxidation sites excluding steroid dienone is 2. The summed E-state index contributed by atoms with van der Waals surface area (Å²) in [5.74, 6) is -1.27. The molecule has 1 heterocycles. The molecule has 3 N–H and O–H groups in total. The van der Waals surface area contributed by atoms with E-state index in [0.29, 0.717) is 11.4 Å². The predicted molar refractivity (Wildman–Crippen MR) is 106 cm³/mol. The Bertz CT molecular complexity index is 965. The molecular formula is C19H20ClF4N5O. The van der Waals surface area contributed by atoms with E-state index < -0.39 is 35.2 Å². The Morgan fingerprint density at radius 3 is 2.37 bits per heavy atom. The van der Waals surface area contributed by atoms with Crippen LogP contribution in [0.5, 0.6) is 0 Å². The molecule has 1 amide bonds. The van der Waals surface area contributed by atoms with Crippen molar-refractivity contribution in [1.82, 2.24) is 15.1 Å². The zero-order valence-electron chi connectivity index (χ0n) is 16.4. The minimum absolute atomic E-state index is 0.00644. The van der Waals surface area contributed by atoms with Crippen molar-refractivity contribution in [2.24, 2.45) is 5.92 Å². The summed E-state index contributed by atoms with van der Waals surface area (Å²) in [5, 5.41) is 16.0. The van der Waals surface area contributed by atoms with Crippen molar-refractivity contribution >= 4 is 29.4 Å². The van der Waals surface area contributed by atoms with Gasteiger partial charge >= 0.3 is 6.18 Å². The van der Waals surface area contributed by atoms with Gasteiger partial charge in [0.1, 0.15) is 12.4 Å². The Hall–Kier alpha value is -2.88. The van der Waals surface area contributed by atoms with Crippen molar-refractivity contribution in [1.29, 1.82) is 5.41 Å². The van der Waals surface area contributed by atoms with Crippen LogP contribution < -0.4 is 10.6 Å². The van der Waals surface area contributed by atoms with Crippen molar-refractivity contribution < 1.29 is 22.4 Å². The minimum atomic E-state index is -4.74. The summed E-state index contributed by atoms with van der Waals surface area (Å²) in [6.07, 6.45) is -3.83. The highest BCUT2D eigenvalue weighted by Gasteiger charge is 2.38. The number of halogens is 5. The standard InChI is InChI=1S/C19H20ClF4N5O/c1-10(2)17(26-13-6-4-12(21)5-7-13)14(8-25)27-15(30)9-29-11(3)16(20)18(28-29)19(22,23)24/h4-8,10,25-26H,9H2,1-3H3,(H,27,30)/b17-14+,25-8?. The fourth-order valence-corrected chi connectivity index (χ4v) is 2.82. The number of nitrogens with zero attached hydrogens (tertiary/aromatic N) is 2. The van der Waals surface area contributed by atoms with E-state index in [9.17, 15) is 22.4 Å². The second-order valence-corrected chi connectivity index (χ2v) is 7.09. The lowest BCUT2D eigenvalue weighted by Gasteiger charge is -2.19. The quantitative estimate of drug-likeness (QED) is 0.425. The van der Waals surface area contributed by atoms with Crippen LogP contribution in [0.1, 0.15) is 25.2 Å². The number of carbonyl (C=O) groups excluding carboxylic acids is 1. The minimum Gasteiger partial charge on any atom is -0.357 e. The molecule has 162 valence electrons. The van der Waals surface area contributed by atoms with Gasteiger partial charge in [-0.3, -0.25) is 9.48 Å². The number of alkyl halides is 3. The van der Waals surface area contributed by atoms with Gasteiger partial charge in [0.2, 0.25) is 5.91 Å². The first-order valence-corrected chi connectivity index (χ1v) is 9.19. The molecule has 0 aliphatic heterocycles. The molecule has 0 aliphatic rings. The van der Waals surface area contributed by atoms with Crippen molar-refractivity contribution in [2.45, 2.75) is 33.5 Å². The molecule has 0 spiro atoms. The fraction of sp³-hybridized carbons (Fsp3) is 0.316. The van der Waals surface area contributed by atoms with Crippen LogP contribution in [-0.2, 0) is 17.5 Å². The Balaban J connectivity index is 2.25. The van der Waals surface area contributed by atoms with E-state index >= 15 is 0 Å². The number of hydrogen-bond acceptors (Lipinski definition) is 4. The first-order chi connectivity index (χ1) is 13.9. The zero-order chi connectivity index (χ0) is 22.6. The lowest BCUT2D eigenvalue weighted by atomic mass is 10.1. The Morgan fingerprint density at radius 1 is 1.30 bits per heavy atom. The van der Waals surface area contributed by atoms with E-state index in [4.69, 9.17) is 17.0 Å². The van der Waals surface area contributed by atoms with Crippen molar-refractivity contribution in [3.05, 3.63) is 57.9 Å². The molecule has 0 unspecified atom stereocenters. The van der Waals surface area contributed by atoms with Gasteiger partial charge in [-0.2, -0.15) is 18.3 Å². The van der Waals surface area contributed by atoms with Crippen LogP contribution >= 0.6 is 11.6 Å². The third-order valence-electron chi connectivity index (χ3n) is 4.10. The highest BCUT2D eigenvalue weighted by molar-refractivity contribution is 6.32. The maximum absolute atomic E-state index is 13.1. The second-order valence-electron chi connectivity index (χ2n) is 6.71. The predicted octanol–water partition coefficient (Wildman–Crippen LogP) is 4.75. The van der Waals surface area contributed by atoms with E-state index in [1.54, 1.807) is 0 Å². The van der Waals surface area contributed by atoms with Crippen LogP contribution in [-0.4, -0.2) is 21.9 Å². The van der Waals surface area contributed by atoms with Crippen LogP contribution in [0.3, 0.4) is 0 Å². The summed E-state index contributed by atoms with van der Waals surface area (Å²) >= 11 is 5.69. The third-order valence-corrected chi connectivity index (χ3v) is 4.56. The monoisotopic (exact) mass is 445 g/mol. The van der Waals surface area contributed by atoms with Crippen LogP contribution in [0.4, 0.5) is 23.2 Å². The van der Waals surface area contributed by atoms with Crippen LogP contribution in [0.25, 0.3) is 0 Å². The van der Waals surface area contributed by atoms with Gasteiger partial charge in [-0.25, -0.2) is 4.39 Å². The molecule has 0 saturated heterocycles. The van der Waals surface area contributed by atoms with E-state index in [2.05, 4.69) is 15.7 Å². The highest BCUT2D eigenvalue weighted by Crippen LogP contribution is 2.35. The van der Waals surface area contributed by atoms with Crippen LogP contribution in [0.2, 0.25) is 5.02 Å². The number of benzene rings is 1. The van der Waals surface area contributed by atoms with Crippen LogP contribution in [0, 0.1) is 24.1 Å². The summed E-state index contributed by atoms with van der Waals surface area (Å²) in [6, 6.07) is 5.50. The van der Waals surface area contributed by atoms with Crippen molar-refractivity contribution in [3.63, 3.8) is 0 Å². The summed E-state index contributed by atoms with van der Waals surface area (Å²) < 4.78 is 52.8. The normalized spacial score (nSPS) is 12.6. The molecule has 30 heavy (non-hydrogen) atoms. The number of anilines is 1. The van der Waals surface area contributed by atoms with Gasteiger partial charge in [0.25, 0.3) is 0 Å². The average Bonchev–Trinajstić information content (AvgIpc) is 2.94. The first-order valence-electron chi connectivity index (χ1n) is 8.81. The Labute approximate surface area is 175 Å². The molecule has 6 nitrogen and oxygen atoms in total. The molecule has 0 saturated carbocycles. The van der Waals surface area contributed by atoms with Crippen molar-refractivity contribution in [3.8, 4) is 0 Å². The van der Waals surface area contributed by atoms with Gasteiger partial charge in [0, 0.05) is 17.6 Å². The van der Waals surface area contributed by atoms with Crippen LogP contribution in [0.15, 0.2) is 35.7 Å². The van der Waals surface area contributed by atoms with Gasteiger partial charge < -0.3 is 16.0 Å². The van der Waals surface area contributed by atoms with E-state index in [1.165, 1.54) is 31.2 Å². The number of hydrogen-bond donors (Lipinski definition) is 3. The smallest absolute Gasteiger partial charge is 0.357 e. The Morgan fingerprint density at radius 2 is 1.90 bits per heavy atom. The first kappa shape index (κ1) is 23.4. The summed E-state index contributed by atoms with van der Waals surface area (Å²) in [7, 11) is 0. The molecular weight excluding hydrogens is 426 g/mol. The zero-order valence-corrected chi connectivity index (χ0v) is 17.1. The third kappa shape index (κ3) is 5.59. The number of aromatic nitrogens is 2. The summed E-state index contributed by atoms with van der Waals surface area (Å²) in [5.41, 5.74) is -0.146. The van der Waals surface area contributed by atoms with Gasteiger partial charge in [-0.1, -0.05) is 25.4 Å². The topological polar surface area (TPSA) is 82.8 Å². The molecule has 1 aromatic heterocycles. The molecule has 2 rings (SSSR count). The highest BCUT2D eigenvalue weighted by atomic mass is 35.5. The maximum Gasteiger partial charge on any atom is 0.436 e. The van der Waals surface area contributed by atoms with Gasteiger partial charge in [-0.15, -0.1) is 0 Å². The van der Waals surface area contributed by atoms with Gasteiger partial charge in [-0.05, 0) is 37.1 Å². The molecule has 1 aromatic carbocycles. The maximum atomic E-state index is 13.1. The fourth-order valence-electron chi connectivity index (χ4n) is 2.58.